The van der Waals surface area contributed by atoms with Crippen molar-refractivity contribution >= 4 is 15.7 Å². The number of hydrogen-bond acceptors (Lipinski definition) is 6. The summed E-state index contributed by atoms with van der Waals surface area (Å²) >= 11 is 0. The molecule has 0 fully saturated rings. The minimum absolute atomic E-state index is 0.184. The number of carbonyl (C=O) groups excluding carboxylic acids is 1. The second-order valence-corrected chi connectivity index (χ2v) is 8.04. The van der Waals surface area contributed by atoms with Crippen LogP contribution < -0.4 is 0 Å². The summed E-state index contributed by atoms with van der Waals surface area (Å²) in [6.07, 6.45) is -3.66. The lowest BCUT2D eigenvalue weighted by Gasteiger charge is -2.24. The van der Waals surface area contributed by atoms with E-state index in [0.29, 0.717) is 0 Å². The summed E-state index contributed by atoms with van der Waals surface area (Å²) in [7, 11) is -1.78. The monoisotopic (exact) mass is 391 g/mol. The van der Waals surface area contributed by atoms with Crippen molar-refractivity contribution in [3.05, 3.63) is 35.7 Å². The molecule has 1 heterocycles. The summed E-state index contributed by atoms with van der Waals surface area (Å²) in [6, 6.07) is 5.01. The summed E-state index contributed by atoms with van der Waals surface area (Å²) in [4.78, 5) is 16.9. The molecule has 1 amide bonds. The quantitative estimate of drug-likeness (QED) is 0.776. The molecule has 7 nitrogen and oxygen atoms in total. The fraction of sp³-hybridized carbons (Fsp3) is 0.400. The molecule has 0 bridgehead atoms. The highest BCUT2D eigenvalue weighted by molar-refractivity contribution is 7.90. The maximum Gasteiger partial charge on any atom is 0.471 e. The van der Waals surface area contributed by atoms with E-state index in [2.05, 4.69) is 14.7 Å². The zero-order valence-electron chi connectivity index (χ0n) is 14.1. The lowest BCUT2D eigenvalue weighted by molar-refractivity contribution is -0.159. The highest BCUT2D eigenvalue weighted by atomic mass is 32.2. The lowest BCUT2D eigenvalue weighted by atomic mass is 10.1. The van der Waals surface area contributed by atoms with Gasteiger partial charge in [0.2, 0.25) is 5.82 Å². The molecule has 2 rings (SSSR count). The lowest BCUT2D eigenvalue weighted by Crippen LogP contribution is -2.39. The maximum absolute atomic E-state index is 12.5. The molecule has 1 atom stereocenters. The molecule has 1 unspecified atom stereocenters. The third-order valence-corrected chi connectivity index (χ3v) is 4.67. The number of alkyl halides is 3. The number of aromatic nitrogens is 2. The average Bonchev–Trinajstić information content (AvgIpc) is 3.02. The molecular formula is C15H16F3N3O4S. The van der Waals surface area contributed by atoms with Crippen LogP contribution in [-0.2, 0) is 16.0 Å². The average molecular weight is 391 g/mol. The normalized spacial score (nSPS) is 13.5. The Morgan fingerprint density at radius 2 is 1.85 bits per heavy atom. The first-order valence-corrected chi connectivity index (χ1v) is 9.41. The van der Waals surface area contributed by atoms with E-state index in [-0.39, 0.29) is 22.7 Å². The number of carbonyl (C=O) groups is 1. The van der Waals surface area contributed by atoms with Gasteiger partial charge in [-0.3, -0.25) is 4.79 Å². The van der Waals surface area contributed by atoms with E-state index in [0.717, 1.165) is 6.26 Å². The van der Waals surface area contributed by atoms with Crippen LogP contribution in [0.3, 0.4) is 0 Å². The Bertz CT molecular complexity index is 892. The molecule has 11 heteroatoms. The smallest absolute Gasteiger partial charge is 0.338 e. The molecule has 1 aromatic carbocycles. The van der Waals surface area contributed by atoms with E-state index >= 15 is 0 Å². The molecule has 0 spiro atoms. The van der Waals surface area contributed by atoms with E-state index in [1.165, 1.54) is 36.2 Å². The number of benzene rings is 1. The van der Waals surface area contributed by atoms with Crippen LogP contribution in [-0.4, -0.2) is 54.5 Å². The highest BCUT2D eigenvalue weighted by Gasteiger charge is 2.38. The summed E-state index contributed by atoms with van der Waals surface area (Å²) in [5.74, 6) is -2.31. The Hall–Kier alpha value is -2.43. The Morgan fingerprint density at radius 1 is 1.27 bits per heavy atom. The predicted octanol–water partition coefficient (Wildman–Crippen LogP) is 2.26. The summed E-state index contributed by atoms with van der Waals surface area (Å²) < 4.78 is 64.3. The molecule has 2 aromatic rings. The van der Waals surface area contributed by atoms with Crippen molar-refractivity contribution in [2.75, 3.05) is 19.1 Å². The van der Waals surface area contributed by atoms with Crippen molar-refractivity contribution in [3.8, 4) is 11.4 Å². The van der Waals surface area contributed by atoms with Gasteiger partial charge in [0.05, 0.1) is 5.75 Å². The molecule has 0 saturated carbocycles. The van der Waals surface area contributed by atoms with Gasteiger partial charge in [-0.25, -0.2) is 8.42 Å². The Labute approximate surface area is 147 Å². The van der Waals surface area contributed by atoms with E-state index in [4.69, 9.17) is 0 Å². The van der Waals surface area contributed by atoms with E-state index in [1.807, 2.05) is 0 Å². The topological polar surface area (TPSA) is 93.4 Å². The van der Waals surface area contributed by atoms with Crippen molar-refractivity contribution in [3.63, 3.8) is 0 Å². The standard InChI is InChI=1S/C15H16F3N3O4S/c1-9(8-26(3,23)24)21(2)13(22)11-6-4-10(5-7-11)12-19-14(25-20-12)15(16,17)18/h4-7,9H,8H2,1-3H3. The number of amides is 1. The summed E-state index contributed by atoms with van der Waals surface area (Å²) in [5.41, 5.74) is 0.490. The van der Waals surface area contributed by atoms with E-state index in [9.17, 15) is 26.4 Å². The van der Waals surface area contributed by atoms with Crippen molar-refractivity contribution in [1.29, 1.82) is 0 Å². The van der Waals surface area contributed by atoms with E-state index in [1.54, 1.807) is 6.92 Å². The molecule has 0 radical (unpaired) electrons. The van der Waals surface area contributed by atoms with Gasteiger partial charge in [0.15, 0.2) is 0 Å². The molecule has 0 N–H and O–H groups in total. The number of nitrogens with zero attached hydrogens (tertiary/aromatic N) is 3. The fourth-order valence-corrected chi connectivity index (χ4v) is 3.27. The minimum Gasteiger partial charge on any atom is -0.338 e. The fourth-order valence-electron chi connectivity index (χ4n) is 2.17. The van der Waals surface area contributed by atoms with Gasteiger partial charge >= 0.3 is 12.1 Å². The van der Waals surface area contributed by atoms with Gasteiger partial charge in [-0.05, 0) is 19.1 Å². The molecule has 0 saturated heterocycles. The Balaban J connectivity index is 2.16. The van der Waals surface area contributed by atoms with Crippen molar-refractivity contribution < 1.29 is 30.9 Å². The molecule has 0 aliphatic rings. The molecule has 0 aliphatic carbocycles. The van der Waals surface area contributed by atoms with Crippen LogP contribution in [0.25, 0.3) is 11.4 Å². The third-order valence-electron chi connectivity index (χ3n) is 3.58. The number of sulfone groups is 1. The van der Waals surface area contributed by atoms with Crippen molar-refractivity contribution in [2.45, 2.75) is 19.1 Å². The first-order valence-electron chi connectivity index (χ1n) is 7.34. The first kappa shape index (κ1) is 19.9. The highest BCUT2D eigenvalue weighted by Crippen LogP contribution is 2.29. The van der Waals surface area contributed by atoms with Crippen LogP contribution in [0.2, 0.25) is 0 Å². The number of halogens is 3. The third kappa shape index (κ3) is 4.81. The van der Waals surface area contributed by atoms with Gasteiger partial charge in [-0.2, -0.15) is 18.2 Å². The van der Waals surface area contributed by atoms with Gasteiger partial charge in [0, 0.05) is 30.5 Å². The van der Waals surface area contributed by atoms with Crippen LogP contribution in [0.5, 0.6) is 0 Å². The van der Waals surface area contributed by atoms with E-state index < -0.39 is 33.9 Å². The zero-order valence-corrected chi connectivity index (χ0v) is 14.9. The molecular weight excluding hydrogens is 375 g/mol. The van der Waals surface area contributed by atoms with Gasteiger partial charge in [-0.15, -0.1) is 0 Å². The van der Waals surface area contributed by atoms with Crippen LogP contribution in [0.4, 0.5) is 13.2 Å². The summed E-state index contributed by atoms with van der Waals surface area (Å²) in [6.45, 7) is 1.60. The molecule has 1 aromatic heterocycles. The zero-order chi connectivity index (χ0) is 19.7. The first-order chi connectivity index (χ1) is 11.9. The second-order valence-electron chi connectivity index (χ2n) is 5.86. The van der Waals surface area contributed by atoms with Crippen molar-refractivity contribution in [2.24, 2.45) is 0 Å². The van der Waals surface area contributed by atoms with Gasteiger partial charge in [0.25, 0.3) is 5.91 Å². The largest absolute Gasteiger partial charge is 0.471 e. The van der Waals surface area contributed by atoms with Gasteiger partial charge < -0.3 is 9.42 Å². The molecule has 26 heavy (non-hydrogen) atoms. The SMILES string of the molecule is CC(CS(C)(=O)=O)N(C)C(=O)c1ccc(-c2noc(C(F)(F)F)n2)cc1. The van der Waals surface area contributed by atoms with Crippen LogP contribution in [0.15, 0.2) is 28.8 Å². The number of rotatable bonds is 5. The van der Waals surface area contributed by atoms with Crippen LogP contribution in [0.1, 0.15) is 23.2 Å². The Kier molecular flexibility index (Phi) is 5.40. The Morgan fingerprint density at radius 3 is 2.31 bits per heavy atom. The molecule has 142 valence electrons. The van der Waals surface area contributed by atoms with Crippen molar-refractivity contribution in [1.82, 2.24) is 15.0 Å². The van der Waals surface area contributed by atoms with Gasteiger partial charge in [0.1, 0.15) is 9.84 Å². The summed E-state index contributed by atoms with van der Waals surface area (Å²) in [5, 5.41) is 3.26. The minimum atomic E-state index is -4.74. The maximum atomic E-state index is 12.5. The molecule has 0 aliphatic heterocycles. The van der Waals surface area contributed by atoms with Crippen LogP contribution >= 0.6 is 0 Å². The van der Waals surface area contributed by atoms with Gasteiger partial charge in [-0.1, -0.05) is 17.3 Å². The predicted molar refractivity (Wildman–Crippen MR) is 86.0 cm³/mol. The number of hydrogen-bond donors (Lipinski definition) is 0. The van der Waals surface area contributed by atoms with Crippen LogP contribution in [0, 0.1) is 0 Å². The second kappa shape index (κ2) is 7.06.